The maximum atomic E-state index is 13.1. The molecule has 100 valence electrons. The Labute approximate surface area is 107 Å². The Hall–Kier alpha value is -1.58. The highest BCUT2D eigenvalue weighted by Gasteiger charge is 2.24. The second-order valence-electron chi connectivity index (χ2n) is 4.74. The van der Waals surface area contributed by atoms with Gasteiger partial charge in [0.2, 0.25) is 0 Å². The zero-order valence-corrected chi connectivity index (χ0v) is 11.4. The number of phenolic OH excluding ortho intramolecular Hbond substituents is 1. The minimum absolute atomic E-state index is 0.00289. The van der Waals surface area contributed by atoms with Gasteiger partial charge in [-0.05, 0) is 44.0 Å². The van der Waals surface area contributed by atoms with Crippen molar-refractivity contribution in [1.82, 2.24) is 0 Å². The van der Waals surface area contributed by atoms with Gasteiger partial charge in [0.15, 0.2) is 0 Å². The summed E-state index contributed by atoms with van der Waals surface area (Å²) in [6.07, 6.45) is 1.42. The topological polar surface area (TPSA) is 23.5 Å². The fourth-order valence-electron chi connectivity index (χ4n) is 1.96. The number of hydrogen-bond donors (Lipinski definition) is 1. The number of nitrogens with zero attached hydrogens (tertiary/aromatic N) is 1. The second-order valence-corrected chi connectivity index (χ2v) is 4.74. The van der Waals surface area contributed by atoms with Gasteiger partial charge < -0.3 is 10.0 Å². The number of aromatic hydroxyl groups is 1. The van der Waals surface area contributed by atoms with E-state index in [-0.39, 0.29) is 11.3 Å². The molecule has 0 aromatic heterocycles. The van der Waals surface area contributed by atoms with Gasteiger partial charge in [0, 0.05) is 31.4 Å². The van der Waals surface area contributed by atoms with E-state index in [2.05, 4.69) is 0 Å². The Bertz CT molecular complexity index is 452. The lowest BCUT2D eigenvalue weighted by Crippen LogP contribution is -2.18. The summed E-state index contributed by atoms with van der Waals surface area (Å²) < 4.78 is 26.2. The highest BCUT2D eigenvalue weighted by Crippen LogP contribution is 2.30. The Kier molecular flexibility index (Phi) is 3.99. The minimum Gasteiger partial charge on any atom is -0.508 e. The molecule has 0 amide bonds. The number of anilines is 1. The average molecular weight is 255 g/mol. The van der Waals surface area contributed by atoms with Gasteiger partial charge in [-0.15, -0.1) is 0 Å². The Morgan fingerprint density at radius 3 is 2.11 bits per heavy atom. The third kappa shape index (κ3) is 3.22. The Morgan fingerprint density at radius 1 is 1.28 bits per heavy atom. The summed E-state index contributed by atoms with van der Waals surface area (Å²) in [6, 6.07) is 3.23. The van der Waals surface area contributed by atoms with Crippen LogP contribution in [0, 0.1) is 13.8 Å². The molecule has 0 saturated heterocycles. The summed E-state index contributed by atoms with van der Waals surface area (Å²) in [5.41, 5.74) is 2.52. The van der Waals surface area contributed by atoms with Crippen LogP contribution < -0.4 is 4.90 Å². The lowest BCUT2D eigenvalue weighted by atomic mass is 10.1. The highest BCUT2D eigenvalue weighted by molar-refractivity contribution is 5.62. The summed E-state index contributed by atoms with van der Waals surface area (Å²) in [7, 11) is 1.72. The molecule has 0 saturated carbocycles. The number of rotatable bonds is 3. The van der Waals surface area contributed by atoms with Crippen LogP contribution in [-0.2, 0) is 0 Å². The lowest BCUT2D eigenvalue weighted by molar-refractivity contribution is 0.0632. The minimum atomic E-state index is -2.83. The van der Waals surface area contributed by atoms with E-state index >= 15 is 0 Å². The Balaban J connectivity index is 3.17. The van der Waals surface area contributed by atoms with Crippen LogP contribution in [0.1, 0.15) is 25.0 Å². The molecule has 0 heterocycles. The molecule has 1 aromatic rings. The van der Waals surface area contributed by atoms with Gasteiger partial charge in [-0.1, -0.05) is 0 Å². The first-order chi connectivity index (χ1) is 8.12. The van der Waals surface area contributed by atoms with Crippen LogP contribution in [0.5, 0.6) is 5.75 Å². The van der Waals surface area contributed by atoms with E-state index in [4.69, 9.17) is 0 Å². The fourth-order valence-corrected chi connectivity index (χ4v) is 1.96. The summed E-state index contributed by atoms with van der Waals surface area (Å²) in [6.45, 7) is 5.96. The van der Waals surface area contributed by atoms with Crippen molar-refractivity contribution in [2.45, 2.75) is 33.6 Å². The van der Waals surface area contributed by atoms with Gasteiger partial charge in [0.1, 0.15) is 5.75 Å². The quantitative estimate of drug-likeness (QED) is 0.882. The summed E-state index contributed by atoms with van der Waals surface area (Å²) in [5.74, 6) is -2.64. The molecule has 0 atom stereocenters. The van der Waals surface area contributed by atoms with E-state index in [0.29, 0.717) is 0 Å². The molecule has 1 aromatic carbocycles. The molecule has 0 aliphatic rings. The van der Waals surface area contributed by atoms with E-state index in [0.717, 1.165) is 23.7 Å². The number of halogens is 2. The normalized spacial score (nSPS) is 12.7. The van der Waals surface area contributed by atoms with Crippen LogP contribution in [0.4, 0.5) is 14.5 Å². The number of hydrogen-bond acceptors (Lipinski definition) is 2. The van der Waals surface area contributed by atoms with Crippen molar-refractivity contribution in [1.29, 1.82) is 0 Å². The number of benzene rings is 1. The van der Waals surface area contributed by atoms with E-state index in [1.165, 1.54) is 13.1 Å². The molecular weight excluding hydrogens is 236 g/mol. The maximum Gasteiger partial charge on any atom is 0.268 e. The summed E-state index contributed by atoms with van der Waals surface area (Å²) in [4.78, 5) is 1.66. The standard InChI is InChI=1S/C14H19F2NO/c1-9-6-12(18)7-10(2)13(9)17(5)8-11(3)14(4,15)16/h6-8,18H,1-5H3/b11-8+. The number of phenols is 1. The smallest absolute Gasteiger partial charge is 0.268 e. The molecule has 2 nitrogen and oxygen atoms in total. The molecule has 0 spiro atoms. The maximum absolute atomic E-state index is 13.1. The van der Waals surface area contributed by atoms with E-state index in [1.54, 1.807) is 24.1 Å². The van der Waals surface area contributed by atoms with Crippen LogP contribution in [0.15, 0.2) is 23.9 Å². The molecule has 0 bridgehead atoms. The van der Waals surface area contributed by atoms with Gasteiger partial charge >= 0.3 is 0 Å². The van der Waals surface area contributed by atoms with Crippen LogP contribution in [-0.4, -0.2) is 18.1 Å². The van der Waals surface area contributed by atoms with Crippen molar-refractivity contribution in [2.75, 3.05) is 11.9 Å². The van der Waals surface area contributed by atoms with Gasteiger partial charge in [0.25, 0.3) is 5.92 Å². The first kappa shape index (κ1) is 14.5. The van der Waals surface area contributed by atoms with Gasteiger partial charge in [0.05, 0.1) is 0 Å². The van der Waals surface area contributed by atoms with Gasteiger partial charge in [-0.25, -0.2) is 8.78 Å². The number of aryl methyl sites for hydroxylation is 2. The van der Waals surface area contributed by atoms with Crippen molar-refractivity contribution in [3.8, 4) is 5.75 Å². The van der Waals surface area contributed by atoms with Crippen molar-refractivity contribution in [2.24, 2.45) is 0 Å². The largest absolute Gasteiger partial charge is 0.508 e. The third-order valence-electron chi connectivity index (χ3n) is 2.91. The molecule has 0 aliphatic heterocycles. The third-order valence-corrected chi connectivity index (χ3v) is 2.91. The molecule has 0 radical (unpaired) electrons. The first-order valence-corrected chi connectivity index (χ1v) is 5.72. The predicted molar refractivity (Wildman–Crippen MR) is 70.4 cm³/mol. The summed E-state index contributed by atoms with van der Waals surface area (Å²) >= 11 is 0. The van der Waals surface area contributed by atoms with Crippen LogP contribution >= 0.6 is 0 Å². The molecular formula is C14H19F2NO. The average Bonchev–Trinajstić information content (AvgIpc) is 2.13. The molecule has 0 aliphatic carbocycles. The number of alkyl halides is 2. The predicted octanol–water partition coefficient (Wildman–Crippen LogP) is 4.00. The van der Waals surface area contributed by atoms with Crippen LogP contribution in [0.25, 0.3) is 0 Å². The molecule has 4 heteroatoms. The van der Waals surface area contributed by atoms with Crippen molar-refractivity contribution < 1.29 is 13.9 Å². The van der Waals surface area contributed by atoms with Crippen LogP contribution in [0.3, 0.4) is 0 Å². The van der Waals surface area contributed by atoms with E-state index < -0.39 is 5.92 Å². The zero-order valence-electron chi connectivity index (χ0n) is 11.4. The first-order valence-electron chi connectivity index (χ1n) is 5.72. The SMILES string of the molecule is C/C(=C\N(C)c1c(C)cc(O)cc1C)C(C)(F)F. The summed E-state index contributed by atoms with van der Waals surface area (Å²) in [5, 5.41) is 9.46. The van der Waals surface area contributed by atoms with Gasteiger partial charge in [-0.3, -0.25) is 0 Å². The van der Waals surface area contributed by atoms with Gasteiger partial charge in [-0.2, -0.15) is 0 Å². The van der Waals surface area contributed by atoms with Crippen LogP contribution in [0.2, 0.25) is 0 Å². The van der Waals surface area contributed by atoms with Crippen molar-refractivity contribution >= 4 is 5.69 Å². The molecule has 18 heavy (non-hydrogen) atoms. The Morgan fingerprint density at radius 2 is 1.72 bits per heavy atom. The molecule has 1 N–H and O–H groups in total. The number of allylic oxidation sites excluding steroid dienone is 1. The van der Waals surface area contributed by atoms with E-state index in [9.17, 15) is 13.9 Å². The van der Waals surface area contributed by atoms with Crippen molar-refractivity contribution in [3.63, 3.8) is 0 Å². The molecule has 0 unspecified atom stereocenters. The highest BCUT2D eigenvalue weighted by atomic mass is 19.3. The molecule has 0 fully saturated rings. The fraction of sp³-hybridized carbons (Fsp3) is 0.429. The molecule has 1 rings (SSSR count). The van der Waals surface area contributed by atoms with Crippen molar-refractivity contribution in [3.05, 3.63) is 35.0 Å². The monoisotopic (exact) mass is 255 g/mol. The second kappa shape index (κ2) is 4.96. The lowest BCUT2D eigenvalue weighted by Gasteiger charge is -2.22. The zero-order chi connectivity index (χ0) is 14.1. The van der Waals surface area contributed by atoms with E-state index in [1.807, 2.05) is 13.8 Å².